The summed E-state index contributed by atoms with van der Waals surface area (Å²) in [5.41, 5.74) is 1.96. The molecular formula is C25H28Cl2N6O3S. The summed E-state index contributed by atoms with van der Waals surface area (Å²) < 4.78 is 1.30. The number of halogens is 2. The maximum atomic E-state index is 13.2. The molecule has 1 aliphatic heterocycles. The number of amides is 2. The second-order valence-electron chi connectivity index (χ2n) is 8.75. The Hall–Kier alpha value is -2.79. The van der Waals surface area contributed by atoms with E-state index in [9.17, 15) is 14.4 Å². The number of nitrogens with two attached hydrogens (primary N) is 1. The fraction of sp³-hybridized carbons (Fsp3) is 0.360. The van der Waals surface area contributed by atoms with Gasteiger partial charge in [0.2, 0.25) is 11.8 Å². The summed E-state index contributed by atoms with van der Waals surface area (Å²) in [4.78, 5) is 46.4. The molecule has 0 spiro atoms. The van der Waals surface area contributed by atoms with Crippen LogP contribution in [0.1, 0.15) is 18.4 Å². The smallest absolute Gasteiger partial charge is 0.261 e. The summed E-state index contributed by atoms with van der Waals surface area (Å²) in [6, 6.07) is 10.7. The van der Waals surface area contributed by atoms with Gasteiger partial charge in [-0.1, -0.05) is 41.2 Å². The Balaban J connectivity index is 1.39. The molecule has 0 atom stereocenters. The Kier molecular flexibility index (Phi) is 9.31. The third-order valence-electron chi connectivity index (χ3n) is 6.25. The van der Waals surface area contributed by atoms with Crippen molar-refractivity contribution in [3.05, 3.63) is 68.7 Å². The molecule has 1 aromatic heterocycles. The van der Waals surface area contributed by atoms with Crippen LogP contribution < -0.4 is 20.9 Å². The number of nitrogens with zero attached hydrogens (tertiary/aromatic N) is 4. The molecule has 196 valence electrons. The van der Waals surface area contributed by atoms with Gasteiger partial charge in [0.1, 0.15) is 6.54 Å². The van der Waals surface area contributed by atoms with Crippen molar-refractivity contribution in [1.82, 2.24) is 19.8 Å². The first kappa shape index (κ1) is 27.3. The molecule has 2 aromatic carbocycles. The molecule has 0 radical (unpaired) electrons. The lowest BCUT2D eigenvalue weighted by Gasteiger charge is -2.36. The standard InChI is InChI=1S/C25H28Cl2N6O3S/c26-20-5-3-17(12-21(20)27)14-29-23(34)15-33-16-30-22-6-4-18(13-19(22)25(33)36)31-7-9-32(10-8-31)24(35)2-1-11-37-28/h3-6,12-13,16H,1-2,7-11,14-15,28H2,(H,29,34). The zero-order valence-electron chi connectivity index (χ0n) is 20.2. The van der Waals surface area contributed by atoms with Crippen molar-refractivity contribution >= 4 is 63.6 Å². The summed E-state index contributed by atoms with van der Waals surface area (Å²) in [6.07, 6.45) is 2.67. The number of fused-ring (bicyclic) bond motifs is 1. The van der Waals surface area contributed by atoms with Gasteiger partial charge in [-0.05, 0) is 42.3 Å². The Morgan fingerprint density at radius 1 is 1.05 bits per heavy atom. The van der Waals surface area contributed by atoms with E-state index in [-0.39, 0.29) is 30.5 Å². The highest BCUT2D eigenvalue weighted by Crippen LogP contribution is 2.23. The molecular weight excluding hydrogens is 535 g/mol. The topological polar surface area (TPSA) is 114 Å². The third-order valence-corrected chi connectivity index (χ3v) is 7.51. The second-order valence-corrected chi connectivity index (χ2v) is 10.3. The number of carbonyl (C=O) groups excluding carboxylic acids is 2. The lowest BCUT2D eigenvalue weighted by atomic mass is 10.1. The Morgan fingerprint density at radius 3 is 2.57 bits per heavy atom. The third kappa shape index (κ3) is 6.95. The average Bonchev–Trinajstić information content (AvgIpc) is 2.91. The fourth-order valence-corrected chi connectivity index (χ4v) is 4.83. The van der Waals surface area contributed by atoms with Gasteiger partial charge in [0.05, 0.1) is 27.3 Å². The number of benzene rings is 2. The summed E-state index contributed by atoms with van der Waals surface area (Å²) in [6.45, 7) is 2.71. The Labute approximate surface area is 229 Å². The Morgan fingerprint density at radius 2 is 1.84 bits per heavy atom. The molecule has 3 aromatic rings. The molecule has 0 bridgehead atoms. The first-order chi connectivity index (χ1) is 17.9. The number of rotatable bonds is 9. The van der Waals surface area contributed by atoms with Gasteiger partial charge < -0.3 is 15.1 Å². The summed E-state index contributed by atoms with van der Waals surface area (Å²) in [7, 11) is 0. The van der Waals surface area contributed by atoms with E-state index >= 15 is 0 Å². The SMILES string of the molecule is NSCCCC(=O)N1CCN(c2ccc3ncn(CC(=O)NCc4ccc(Cl)c(Cl)c4)c(=O)c3c2)CC1. The van der Waals surface area contributed by atoms with Gasteiger partial charge in [0.15, 0.2) is 0 Å². The molecule has 0 saturated carbocycles. The van der Waals surface area contributed by atoms with Crippen LogP contribution in [0.25, 0.3) is 10.9 Å². The van der Waals surface area contributed by atoms with Crippen LogP contribution in [0.5, 0.6) is 0 Å². The van der Waals surface area contributed by atoms with Crippen LogP contribution in [-0.2, 0) is 22.7 Å². The van der Waals surface area contributed by atoms with E-state index in [1.165, 1.54) is 22.8 Å². The molecule has 0 aliphatic carbocycles. The highest BCUT2D eigenvalue weighted by atomic mass is 35.5. The quantitative estimate of drug-likeness (QED) is 0.304. The summed E-state index contributed by atoms with van der Waals surface area (Å²) in [5.74, 6) is 0.598. The number of piperazine rings is 1. The van der Waals surface area contributed by atoms with Crippen LogP contribution in [0.4, 0.5) is 5.69 Å². The highest BCUT2D eigenvalue weighted by Gasteiger charge is 2.21. The van der Waals surface area contributed by atoms with Gasteiger partial charge in [-0.3, -0.25) is 24.1 Å². The van der Waals surface area contributed by atoms with E-state index in [4.69, 9.17) is 28.3 Å². The number of carbonyl (C=O) groups is 2. The van der Waals surface area contributed by atoms with Gasteiger partial charge in [-0.2, -0.15) is 0 Å². The molecule has 1 fully saturated rings. The van der Waals surface area contributed by atoms with Gasteiger partial charge >= 0.3 is 0 Å². The van der Waals surface area contributed by atoms with E-state index in [2.05, 4.69) is 15.2 Å². The maximum Gasteiger partial charge on any atom is 0.261 e. The van der Waals surface area contributed by atoms with Crippen molar-refractivity contribution in [3.8, 4) is 0 Å². The molecule has 3 N–H and O–H groups in total. The minimum Gasteiger partial charge on any atom is -0.368 e. The van der Waals surface area contributed by atoms with Gasteiger partial charge in [0, 0.05) is 50.6 Å². The number of nitrogens with one attached hydrogen (secondary N) is 1. The van der Waals surface area contributed by atoms with E-state index < -0.39 is 0 Å². The molecule has 1 saturated heterocycles. The molecule has 2 heterocycles. The van der Waals surface area contributed by atoms with E-state index in [1.807, 2.05) is 23.1 Å². The van der Waals surface area contributed by atoms with Gasteiger partial charge in [-0.25, -0.2) is 4.98 Å². The molecule has 4 rings (SSSR count). The van der Waals surface area contributed by atoms with E-state index in [0.29, 0.717) is 53.5 Å². The van der Waals surface area contributed by atoms with Crippen molar-refractivity contribution < 1.29 is 9.59 Å². The van der Waals surface area contributed by atoms with Gasteiger partial charge in [0.25, 0.3) is 5.56 Å². The monoisotopic (exact) mass is 562 g/mol. The van der Waals surface area contributed by atoms with Crippen LogP contribution in [0.15, 0.2) is 47.5 Å². The van der Waals surface area contributed by atoms with Crippen molar-refractivity contribution in [2.75, 3.05) is 36.8 Å². The van der Waals surface area contributed by atoms with Crippen LogP contribution in [0, 0.1) is 0 Å². The Bertz CT molecular complexity index is 1340. The number of hydrogen-bond donors (Lipinski definition) is 2. The van der Waals surface area contributed by atoms with Crippen LogP contribution in [-0.4, -0.2) is 58.2 Å². The summed E-state index contributed by atoms with van der Waals surface area (Å²) in [5, 5.41) is 9.51. The number of anilines is 1. The van der Waals surface area contributed by atoms with Gasteiger partial charge in [-0.15, -0.1) is 0 Å². The predicted molar refractivity (Wildman–Crippen MR) is 149 cm³/mol. The molecule has 37 heavy (non-hydrogen) atoms. The molecule has 2 amide bonds. The first-order valence-electron chi connectivity index (χ1n) is 11.9. The highest BCUT2D eigenvalue weighted by molar-refractivity contribution is 7.97. The predicted octanol–water partition coefficient (Wildman–Crippen LogP) is 3.06. The minimum absolute atomic E-state index is 0.150. The average molecular weight is 564 g/mol. The molecule has 1 aliphatic rings. The molecule has 0 unspecified atom stereocenters. The van der Waals surface area contributed by atoms with Crippen molar-refractivity contribution in [1.29, 1.82) is 0 Å². The van der Waals surface area contributed by atoms with Crippen molar-refractivity contribution in [3.63, 3.8) is 0 Å². The fourth-order valence-electron chi connectivity index (χ4n) is 4.20. The number of aromatic nitrogens is 2. The lowest BCUT2D eigenvalue weighted by Crippen LogP contribution is -2.48. The second kappa shape index (κ2) is 12.6. The van der Waals surface area contributed by atoms with Crippen LogP contribution in [0.3, 0.4) is 0 Å². The zero-order chi connectivity index (χ0) is 26.4. The van der Waals surface area contributed by atoms with Crippen molar-refractivity contribution in [2.45, 2.75) is 25.9 Å². The van der Waals surface area contributed by atoms with E-state index in [0.717, 1.165) is 23.4 Å². The largest absolute Gasteiger partial charge is 0.368 e. The van der Waals surface area contributed by atoms with Crippen molar-refractivity contribution in [2.24, 2.45) is 5.14 Å². The number of hydrogen-bond acceptors (Lipinski definition) is 7. The molecule has 9 nitrogen and oxygen atoms in total. The normalized spacial score (nSPS) is 13.7. The lowest BCUT2D eigenvalue weighted by molar-refractivity contribution is -0.131. The molecule has 12 heteroatoms. The van der Waals surface area contributed by atoms with Crippen LogP contribution >= 0.6 is 35.1 Å². The zero-order valence-corrected chi connectivity index (χ0v) is 22.5. The van der Waals surface area contributed by atoms with Crippen LogP contribution in [0.2, 0.25) is 10.0 Å². The first-order valence-corrected chi connectivity index (χ1v) is 13.7. The van der Waals surface area contributed by atoms with E-state index in [1.54, 1.807) is 18.2 Å². The minimum atomic E-state index is -0.323. The summed E-state index contributed by atoms with van der Waals surface area (Å²) >= 11 is 13.2. The maximum absolute atomic E-state index is 13.2.